The van der Waals surface area contributed by atoms with Crippen molar-refractivity contribution in [1.29, 1.82) is 0 Å². The minimum absolute atomic E-state index is 0.00864. The Kier molecular flexibility index (Phi) is 5.90. The standard InChI is InChI=1S/C20H22FN3O4S2/c21-15-6-8-16(9-7-15)30(27,28)24-10-2-4-14(12-24)19(25)22-23-20(26)18-11-13-3-1-5-17(13)29-18/h6-9,11,14H,1-5,10,12H2,(H,22,25)(H,23,26). The molecule has 2 amide bonds. The number of aryl methyl sites for hydroxylation is 2. The van der Waals surface area contributed by atoms with E-state index in [4.69, 9.17) is 0 Å². The van der Waals surface area contributed by atoms with E-state index in [0.29, 0.717) is 17.7 Å². The summed E-state index contributed by atoms with van der Waals surface area (Å²) in [6.07, 6.45) is 4.11. The van der Waals surface area contributed by atoms with Crippen molar-refractivity contribution in [3.8, 4) is 0 Å². The predicted molar refractivity (Wildman–Crippen MR) is 110 cm³/mol. The van der Waals surface area contributed by atoms with Crippen molar-refractivity contribution in [3.05, 3.63) is 51.5 Å². The van der Waals surface area contributed by atoms with Crippen LogP contribution in [0.1, 0.15) is 39.4 Å². The fraction of sp³-hybridized carbons (Fsp3) is 0.400. The average Bonchev–Trinajstić information content (AvgIpc) is 3.34. The van der Waals surface area contributed by atoms with E-state index in [0.717, 1.165) is 31.4 Å². The quantitative estimate of drug-likeness (QED) is 0.697. The highest BCUT2D eigenvalue weighted by Gasteiger charge is 2.33. The highest BCUT2D eigenvalue weighted by molar-refractivity contribution is 7.89. The molecule has 7 nitrogen and oxygen atoms in total. The summed E-state index contributed by atoms with van der Waals surface area (Å²) in [6.45, 7) is 0.297. The van der Waals surface area contributed by atoms with E-state index in [1.54, 1.807) is 0 Å². The molecule has 2 heterocycles. The topological polar surface area (TPSA) is 95.6 Å². The lowest BCUT2D eigenvalue weighted by Crippen LogP contribution is -2.49. The Morgan fingerprint density at radius 1 is 1.10 bits per heavy atom. The summed E-state index contributed by atoms with van der Waals surface area (Å²) < 4.78 is 39.9. The van der Waals surface area contributed by atoms with Gasteiger partial charge in [-0.15, -0.1) is 11.3 Å². The largest absolute Gasteiger partial charge is 0.279 e. The number of thiophene rings is 1. The number of piperidine rings is 1. The van der Waals surface area contributed by atoms with E-state index >= 15 is 0 Å². The number of sulfonamides is 1. The number of nitrogens with zero attached hydrogens (tertiary/aromatic N) is 1. The highest BCUT2D eigenvalue weighted by Crippen LogP contribution is 2.30. The molecule has 160 valence electrons. The molecule has 1 saturated heterocycles. The number of amides is 2. The van der Waals surface area contributed by atoms with Crippen LogP contribution in [0.4, 0.5) is 4.39 Å². The Bertz CT molecular complexity index is 1040. The molecule has 1 aliphatic carbocycles. The van der Waals surface area contributed by atoms with Gasteiger partial charge >= 0.3 is 0 Å². The number of benzene rings is 1. The molecule has 0 bridgehead atoms. The minimum Gasteiger partial charge on any atom is -0.273 e. The van der Waals surface area contributed by atoms with E-state index in [-0.39, 0.29) is 23.9 Å². The third kappa shape index (κ3) is 4.26. The third-order valence-corrected chi connectivity index (χ3v) is 8.59. The van der Waals surface area contributed by atoms with Gasteiger partial charge in [-0.1, -0.05) is 0 Å². The van der Waals surface area contributed by atoms with E-state index in [1.165, 1.54) is 38.2 Å². The zero-order valence-electron chi connectivity index (χ0n) is 16.2. The van der Waals surface area contributed by atoms with Gasteiger partial charge in [-0.2, -0.15) is 4.31 Å². The molecule has 1 aromatic heterocycles. The third-order valence-electron chi connectivity index (χ3n) is 5.48. The second kappa shape index (κ2) is 8.44. The first kappa shape index (κ1) is 21.0. The van der Waals surface area contributed by atoms with Crippen molar-refractivity contribution in [2.75, 3.05) is 13.1 Å². The molecule has 2 aliphatic rings. The number of nitrogens with one attached hydrogen (secondary N) is 2. The number of fused-ring (bicyclic) bond motifs is 1. The van der Waals surface area contributed by atoms with E-state index in [9.17, 15) is 22.4 Å². The molecule has 0 saturated carbocycles. The molecule has 1 aliphatic heterocycles. The molecule has 10 heteroatoms. The van der Waals surface area contributed by atoms with Gasteiger partial charge in [-0.05, 0) is 68.0 Å². The smallest absolute Gasteiger partial charge is 0.273 e. The number of hydrazine groups is 1. The molecule has 1 aromatic carbocycles. The van der Waals surface area contributed by atoms with Crippen LogP contribution in [0.25, 0.3) is 0 Å². The lowest BCUT2D eigenvalue weighted by atomic mass is 9.99. The van der Waals surface area contributed by atoms with E-state index < -0.39 is 27.7 Å². The van der Waals surface area contributed by atoms with E-state index in [1.807, 2.05) is 6.07 Å². The molecule has 0 radical (unpaired) electrons. The first-order valence-electron chi connectivity index (χ1n) is 9.82. The van der Waals surface area contributed by atoms with Crippen LogP contribution < -0.4 is 10.9 Å². The monoisotopic (exact) mass is 451 g/mol. The first-order chi connectivity index (χ1) is 14.3. The van der Waals surface area contributed by atoms with Crippen LogP contribution in [0.2, 0.25) is 0 Å². The van der Waals surface area contributed by atoms with Gasteiger partial charge in [0.2, 0.25) is 15.9 Å². The van der Waals surface area contributed by atoms with Crippen molar-refractivity contribution in [2.24, 2.45) is 5.92 Å². The predicted octanol–water partition coefficient (Wildman–Crippen LogP) is 2.24. The molecule has 4 rings (SSSR count). The number of halogens is 1. The zero-order valence-corrected chi connectivity index (χ0v) is 17.8. The molecule has 2 N–H and O–H groups in total. The summed E-state index contributed by atoms with van der Waals surface area (Å²) in [4.78, 5) is 26.6. The molecular weight excluding hydrogens is 429 g/mol. The van der Waals surface area contributed by atoms with Crippen LogP contribution >= 0.6 is 11.3 Å². The molecular formula is C20H22FN3O4S2. The fourth-order valence-corrected chi connectivity index (χ4v) is 6.53. The van der Waals surface area contributed by atoms with Crippen LogP contribution in [-0.2, 0) is 27.7 Å². The van der Waals surface area contributed by atoms with Crippen LogP contribution in [0.3, 0.4) is 0 Å². The Morgan fingerprint density at radius 3 is 2.60 bits per heavy atom. The summed E-state index contributed by atoms with van der Waals surface area (Å²) in [5.41, 5.74) is 6.07. The summed E-state index contributed by atoms with van der Waals surface area (Å²) in [6, 6.07) is 6.49. The van der Waals surface area contributed by atoms with Crippen LogP contribution in [0.5, 0.6) is 0 Å². The maximum absolute atomic E-state index is 13.1. The summed E-state index contributed by atoms with van der Waals surface area (Å²) >= 11 is 1.44. The number of hydrogen-bond donors (Lipinski definition) is 2. The highest BCUT2D eigenvalue weighted by atomic mass is 32.2. The number of carbonyl (C=O) groups is 2. The Balaban J connectivity index is 1.36. The van der Waals surface area contributed by atoms with Gasteiger partial charge < -0.3 is 0 Å². The van der Waals surface area contributed by atoms with Gasteiger partial charge in [-0.3, -0.25) is 20.4 Å². The second-order valence-electron chi connectivity index (χ2n) is 7.51. The minimum atomic E-state index is -3.82. The molecule has 30 heavy (non-hydrogen) atoms. The number of hydrogen-bond acceptors (Lipinski definition) is 5. The van der Waals surface area contributed by atoms with Crippen molar-refractivity contribution >= 4 is 33.2 Å². The summed E-state index contributed by atoms with van der Waals surface area (Å²) in [7, 11) is -3.82. The van der Waals surface area contributed by atoms with Gasteiger partial charge in [0.05, 0.1) is 15.7 Å². The number of carbonyl (C=O) groups excluding carboxylic acids is 2. The maximum Gasteiger partial charge on any atom is 0.279 e. The van der Waals surface area contributed by atoms with Crippen molar-refractivity contribution in [3.63, 3.8) is 0 Å². The molecule has 1 fully saturated rings. The number of rotatable bonds is 4. The first-order valence-corrected chi connectivity index (χ1v) is 12.1. The molecule has 0 spiro atoms. The summed E-state index contributed by atoms with van der Waals surface area (Å²) in [5, 5.41) is 0. The van der Waals surface area contributed by atoms with Crippen LogP contribution in [-0.4, -0.2) is 37.6 Å². The summed E-state index contributed by atoms with van der Waals surface area (Å²) in [5.74, 6) is -1.89. The van der Waals surface area contributed by atoms with Crippen LogP contribution in [0.15, 0.2) is 35.2 Å². The van der Waals surface area contributed by atoms with Gasteiger partial charge in [0.15, 0.2) is 0 Å². The zero-order chi connectivity index (χ0) is 21.3. The van der Waals surface area contributed by atoms with Crippen LogP contribution in [0, 0.1) is 11.7 Å². The van der Waals surface area contributed by atoms with Gasteiger partial charge in [0.1, 0.15) is 5.82 Å². The van der Waals surface area contributed by atoms with Crippen molar-refractivity contribution in [2.45, 2.75) is 37.0 Å². The van der Waals surface area contributed by atoms with E-state index in [2.05, 4.69) is 10.9 Å². The average molecular weight is 452 g/mol. The molecule has 1 unspecified atom stereocenters. The normalized spacial score (nSPS) is 19.3. The van der Waals surface area contributed by atoms with Gasteiger partial charge in [0, 0.05) is 18.0 Å². The van der Waals surface area contributed by atoms with Crippen molar-refractivity contribution in [1.82, 2.24) is 15.2 Å². The maximum atomic E-state index is 13.1. The SMILES string of the molecule is O=C(NNC(=O)C1CCCN(S(=O)(=O)c2ccc(F)cc2)C1)c1cc2c(s1)CCC2. The Labute approximate surface area is 178 Å². The Hall–Kier alpha value is -2.30. The fourth-order valence-electron chi connectivity index (χ4n) is 3.85. The van der Waals surface area contributed by atoms with Gasteiger partial charge in [-0.25, -0.2) is 12.8 Å². The second-order valence-corrected chi connectivity index (χ2v) is 10.6. The molecule has 2 aromatic rings. The van der Waals surface area contributed by atoms with Gasteiger partial charge in [0.25, 0.3) is 5.91 Å². The Morgan fingerprint density at radius 2 is 1.87 bits per heavy atom. The van der Waals surface area contributed by atoms with Crippen molar-refractivity contribution < 1.29 is 22.4 Å². The lowest BCUT2D eigenvalue weighted by Gasteiger charge is -2.31. The molecule has 1 atom stereocenters. The lowest BCUT2D eigenvalue weighted by molar-refractivity contribution is -0.126.